The van der Waals surface area contributed by atoms with Gasteiger partial charge in [0, 0.05) is 24.2 Å². The summed E-state index contributed by atoms with van der Waals surface area (Å²) in [5, 5.41) is 1.56. The van der Waals surface area contributed by atoms with E-state index in [2.05, 4.69) is 0 Å². The number of rotatable bonds is 3. The van der Waals surface area contributed by atoms with E-state index < -0.39 is 6.04 Å². The largest absolute Gasteiger partial charge is 0.322 e. The van der Waals surface area contributed by atoms with Crippen molar-refractivity contribution in [3.05, 3.63) is 82.5 Å². The predicted molar refractivity (Wildman–Crippen MR) is 81.5 cm³/mol. The van der Waals surface area contributed by atoms with Gasteiger partial charge in [-0.2, -0.15) is 0 Å². The van der Waals surface area contributed by atoms with Gasteiger partial charge in [0.1, 0.15) is 5.82 Å². The number of hydrogen-bond donors (Lipinski definition) is 1. The first-order valence-corrected chi connectivity index (χ1v) is 6.74. The van der Waals surface area contributed by atoms with Crippen LogP contribution in [0.15, 0.2) is 65.6 Å². The van der Waals surface area contributed by atoms with Crippen LogP contribution >= 0.6 is 0 Å². The first kappa shape index (κ1) is 13.5. The quantitative estimate of drug-likeness (QED) is 0.803. The normalized spacial score (nSPS) is 12.5. The second-order valence-corrected chi connectivity index (χ2v) is 5.02. The van der Waals surface area contributed by atoms with Crippen LogP contribution in [0.2, 0.25) is 0 Å². The Kier molecular flexibility index (Phi) is 3.54. The number of nitrogens with zero attached hydrogens (tertiary/aromatic N) is 1. The smallest absolute Gasteiger partial charge is 0.258 e. The van der Waals surface area contributed by atoms with Crippen molar-refractivity contribution >= 4 is 10.8 Å². The van der Waals surface area contributed by atoms with Crippen molar-refractivity contribution in [2.75, 3.05) is 0 Å². The molecule has 0 spiro atoms. The number of nitrogens with two attached hydrogens (primary N) is 1. The van der Waals surface area contributed by atoms with Gasteiger partial charge in [0.25, 0.3) is 5.56 Å². The van der Waals surface area contributed by atoms with Gasteiger partial charge in [-0.25, -0.2) is 4.39 Å². The lowest BCUT2D eigenvalue weighted by Crippen LogP contribution is -2.26. The number of fused-ring (bicyclic) bond motifs is 1. The second-order valence-electron chi connectivity index (χ2n) is 5.02. The molecule has 3 aromatic rings. The van der Waals surface area contributed by atoms with Crippen LogP contribution in [0.4, 0.5) is 4.39 Å². The molecule has 1 unspecified atom stereocenters. The van der Waals surface area contributed by atoms with Crippen LogP contribution in [-0.2, 0) is 6.54 Å². The summed E-state index contributed by atoms with van der Waals surface area (Å²) in [4.78, 5) is 12.4. The van der Waals surface area contributed by atoms with E-state index in [9.17, 15) is 9.18 Å². The van der Waals surface area contributed by atoms with Gasteiger partial charge >= 0.3 is 0 Å². The first-order valence-electron chi connectivity index (χ1n) is 6.74. The third-order valence-electron chi connectivity index (χ3n) is 3.56. The Labute approximate surface area is 121 Å². The number of aromatic nitrogens is 1. The van der Waals surface area contributed by atoms with Crippen LogP contribution in [0.25, 0.3) is 10.8 Å². The van der Waals surface area contributed by atoms with Crippen molar-refractivity contribution in [1.82, 2.24) is 4.57 Å². The Balaban J connectivity index is 1.95. The molecule has 0 saturated heterocycles. The highest BCUT2D eigenvalue weighted by molar-refractivity contribution is 5.81. The molecule has 1 aromatic heterocycles. The minimum atomic E-state index is -0.431. The molecule has 0 aliphatic carbocycles. The summed E-state index contributed by atoms with van der Waals surface area (Å²) >= 11 is 0. The number of halogens is 1. The van der Waals surface area contributed by atoms with E-state index in [1.54, 1.807) is 29.0 Å². The van der Waals surface area contributed by atoms with Crippen LogP contribution in [0.3, 0.4) is 0 Å². The molecule has 21 heavy (non-hydrogen) atoms. The SMILES string of the molecule is NC(Cn1ccc2ccccc2c1=O)c1cccc(F)c1. The highest BCUT2D eigenvalue weighted by atomic mass is 19.1. The zero-order valence-corrected chi connectivity index (χ0v) is 11.4. The van der Waals surface area contributed by atoms with Gasteiger partial charge in [0.05, 0.1) is 0 Å². The molecule has 1 heterocycles. The number of hydrogen-bond acceptors (Lipinski definition) is 2. The van der Waals surface area contributed by atoms with E-state index in [1.807, 2.05) is 24.3 Å². The van der Waals surface area contributed by atoms with E-state index >= 15 is 0 Å². The van der Waals surface area contributed by atoms with E-state index in [0.717, 1.165) is 5.39 Å². The average Bonchev–Trinajstić information content (AvgIpc) is 2.50. The summed E-state index contributed by atoms with van der Waals surface area (Å²) in [6, 6.07) is 15.0. The van der Waals surface area contributed by atoms with Gasteiger partial charge in [0.15, 0.2) is 0 Å². The van der Waals surface area contributed by atoms with Crippen molar-refractivity contribution in [2.24, 2.45) is 5.73 Å². The maximum atomic E-state index is 13.2. The molecule has 4 heteroatoms. The van der Waals surface area contributed by atoms with Gasteiger partial charge in [-0.3, -0.25) is 4.79 Å². The highest BCUT2D eigenvalue weighted by Crippen LogP contribution is 2.14. The Hall–Kier alpha value is -2.46. The molecule has 0 aliphatic rings. The lowest BCUT2D eigenvalue weighted by molar-refractivity contribution is 0.557. The maximum absolute atomic E-state index is 13.2. The molecule has 0 radical (unpaired) electrons. The molecule has 0 saturated carbocycles. The topological polar surface area (TPSA) is 48.0 Å². The molecule has 0 fully saturated rings. The molecular formula is C17H15FN2O. The molecule has 3 nitrogen and oxygen atoms in total. The Morgan fingerprint density at radius 1 is 1.10 bits per heavy atom. The van der Waals surface area contributed by atoms with Crippen molar-refractivity contribution in [2.45, 2.75) is 12.6 Å². The molecule has 3 rings (SSSR count). The summed E-state index contributed by atoms with van der Waals surface area (Å²) in [7, 11) is 0. The maximum Gasteiger partial charge on any atom is 0.258 e. The van der Waals surface area contributed by atoms with Crippen molar-refractivity contribution < 1.29 is 4.39 Å². The van der Waals surface area contributed by atoms with Crippen LogP contribution in [0.5, 0.6) is 0 Å². The summed E-state index contributed by atoms with van der Waals surface area (Å²) < 4.78 is 14.8. The monoisotopic (exact) mass is 282 g/mol. The lowest BCUT2D eigenvalue weighted by Gasteiger charge is -2.14. The second kappa shape index (κ2) is 5.50. The molecule has 2 N–H and O–H groups in total. The summed E-state index contributed by atoms with van der Waals surface area (Å²) in [6.07, 6.45) is 1.73. The van der Waals surface area contributed by atoms with Gasteiger partial charge in [0.2, 0.25) is 0 Å². The fourth-order valence-corrected chi connectivity index (χ4v) is 2.43. The Bertz CT molecular complexity index is 841. The van der Waals surface area contributed by atoms with Crippen LogP contribution < -0.4 is 11.3 Å². The lowest BCUT2D eigenvalue weighted by atomic mass is 10.1. The Morgan fingerprint density at radius 2 is 1.90 bits per heavy atom. The molecule has 0 amide bonds. The molecular weight excluding hydrogens is 267 g/mol. The minimum Gasteiger partial charge on any atom is -0.322 e. The summed E-state index contributed by atoms with van der Waals surface area (Å²) in [6.45, 7) is 0.313. The Morgan fingerprint density at radius 3 is 2.71 bits per heavy atom. The van der Waals surface area contributed by atoms with Crippen molar-refractivity contribution in [3.63, 3.8) is 0 Å². The fraction of sp³-hybridized carbons (Fsp3) is 0.118. The summed E-state index contributed by atoms with van der Waals surface area (Å²) in [5.74, 6) is -0.325. The van der Waals surface area contributed by atoms with Gasteiger partial charge < -0.3 is 10.3 Å². The standard InChI is InChI=1S/C17H15FN2O/c18-14-6-3-5-13(10-14)16(19)11-20-9-8-12-4-1-2-7-15(12)17(20)21/h1-10,16H,11,19H2. The predicted octanol–water partition coefficient (Wildman–Crippen LogP) is 2.84. The van der Waals surface area contributed by atoms with Crippen LogP contribution in [0, 0.1) is 5.82 Å². The molecule has 0 bridgehead atoms. The zero-order valence-electron chi connectivity index (χ0n) is 11.4. The van der Waals surface area contributed by atoms with Crippen LogP contribution in [-0.4, -0.2) is 4.57 Å². The molecule has 106 valence electrons. The van der Waals surface area contributed by atoms with Crippen LogP contribution in [0.1, 0.15) is 11.6 Å². The minimum absolute atomic E-state index is 0.0834. The summed E-state index contributed by atoms with van der Waals surface area (Å²) in [5.41, 5.74) is 6.68. The van der Waals surface area contributed by atoms with E-state index in [-0.39, 0.29) is 11.4 Å². The van der Waals surface area contributed by atoms with Gasteiger partial charge in [-0.05, 0) is 35.2 Å². The first-order chi connectivity index (χ1) is 10.1. The van der Waals surface area contributed by atoms with E-state index in [1.165, 1.54) is 12.1 Å². The zero-order chi connectivity index (χ0) is 14.8. The fourth-order valence-electron chi connectivity index (χ4n) is 2.43. The molecule has 0 aliphatic heterocycles. The highest BCUT2D eigenvalue weighted by Gasteiger charge is 2.10. The van der Waals surface area contributed by atoms with E-state index in [4.69, 9.17) is 5.73 Å². The number of benzene rings is 2. The average molecular weight is 282 g/mol. The van der Waals surface area contributed by atoms with Gasteiger partial charge in [-0.1, -0.05) is 30.3 Å². The van der Waals surface area contributed by atoms with E-state index in [0.29, 0.717) is 17.5 Å². The van der Waals surface area contributed by atoms with Crippen molar-refractivity contribution in [3.8, 4) is 0 Å². The molecule has 1 atom stereocenters. The van der Waals surface area contributed by atoms with Gasteiger partial charge in [-0.15, -0.1) is 0 Å². The molecule has 2 aromatic carbocycles. The number of pyridine rings is 1. The third kappa shape index (κ3) is 2.71. The van der Waals surface area contributed by atoms with Crippen molar-refractivity contribution in [1.29, 1.82) is 0 Å². The third-order valence-corrected chi connectivity index (χ3v) is 3.56.